The summed E-state index contributed by atoms with van der Waals surface area (Å²) in [7, 11) is 2.03. The molecule has 0 amide bonds. The van der Waals surface area contributed by atoms with Gasteiger partial charge in [0.05, 0.1) is 12.0 Å². The zero-order valence-corrected chi connectivity index (χ0v) is 10.6. The van der Waals surface area contributed by atoms with Crippen LogP contribution in [0.15, 0.2) is 24.3 Å². The Balaban J connectivity index is 2.12. The molecule has 0 spiro atoms. The van der Waals surface area contributed by atoms with Crippen molar-refractivity contribution in [3.8, 4) is 6.07 Å². The topological polar surface area (TPSA) is 47.3 Å². The van der Waals surface area contributed by atoms with Crippen molar-refractivity contribution in [2.45, 2.75) is 18.4 Å². The number of hydrogen-bond donors (Lipinski definition) is 1. The van der Waals surface area contributed by atoms with Crippen molar-refractivity contribution in [1.29, 1.82) is 5.26 Å². The highest BCUT2D eigenvalue weighted by Gasteiger charge is 2.51. The molecule has 0 radical (unpaired) electrons. The number of benzene rings is 1. The van der Waals surface area contributed by atoms with Gasteiger partial charge in [0.25, 0.3) is 0 Å². The van der Waals surface area contributed by atoms with Crippen molar-refractivity contribution < 1.29 is 5.11 Å². The quantitative estimate of drug-likeness (QED) is 0.750. The SMILES string of the molecule is CN1C[C@@H]2CCc3ccccc3[C@]2(O)[C@@H](C#N)C1. The fraction of sp³-hybridized carbons (Fsp3) is 0.533. The molecule has 0 unspecified atom stereocenters. The van der Waals surface area contributed by atoms with E-state index >= 15 is 0 Å². The van der Waals surface area contributed by atoms with E-state index in [4.69, 9.17) is 0 Å². The van der Waals surface area contributed by atoms with Gasteiger partial charge in [-0.05, 0) is 31.0 Å². The fourth-order valence-electron chi connectivity index (χ4n) is 3.64. The number of hydrogen-bond acceptors (Lipinski definition) is 3. The Hall–Kier alpha value is -1.37. The number of rotatable bonds is 0. The molecule has 18 heavy (non-hydrogen) atoms. The number of piperidine rings is 1. The van der Waals surface area contributed by atoms with Crippen LogP contribution in [-0.4, -0.2) is 30.1 Å². The highest BCUT2D eigenvalue weighted by molar-refractivity contribution is 5.38. The van der Waals surface area contributed by atoms with E-state index in [0.717, 1.165) is 24.9 Å². The Kier molecular flexibility index (Phi) is 2.65. The monoisotopic (exact) mass is 242 g/mol. The summed E-state index contributed by atoms with van der Waals surface area (Å²) >= 11 is 0. The molecule has 0 saturated carbocycles. The largest absolute Gasteiger partial charge is 0.383 e. The predicted molar refractivity (Wildman–Crippen MR) is 68.7 cm³/mol. The second kappa shape index (κ2) is 4.08. The summed E-state index contributed by atoms with van der Waals surface area (Å²) in [6.45, 7) is 1.53. The van der Waals surface area contributed by atoms with Crippen LogP contribution in [0, 0.1) is 23.2 Å². The normalized spacial score (nSPS) is 35.4. The third-order valence-corrected chi connectivity index (χ3v) is 4.55. The van der Waals surface area contributed by atoms with Gasteiger partial charge in [-0.2, -0.15) is 5.26 Å². The average molecular weight is 242 g/mol. The highest BCUT2D eigenvalue weighted by atomic mass is 16.3. The van der Waals surface area contributed by atoms with Crippen molar-refractivity contribution in [2.24, 2.45) is 11.8 Å². The molecular weight excluding hydrogens is 224 g/mol. The molecule has 3 heteroatoms. The summed E-state index contributed by atoms with van der Waals surface area (Å²) in [5.74, 6) is -0.154. The Morgan fingerprint density at radius 1 is 1.39 bits per heavy atom. The van der Waals surface area contributed by atoms with E-state index < -0.39 is 5.60 Å². The summed E-state index contributed by atoms with van der Waals surface area (Å²) in [4.78, 5) is 2.17. The van der Waals surface area contributed by atoms with Gasteiger partial charge in [-0.15, -0.1) is 0 Å². The minimum atomic E-state index is -0.948. The van der Waals surface area contributed by atoms with Crippen LogP contribution in [0.5, 0.6) is 0 Å². The lowest BCUT2D eigenvalue weighted by Gasteiger charge is -2.50. The summed E-state index contributed by atoms with van der Waals surface area (Å²) in [5.41, 5.74) is 1.25. The van der Waals surface area contributed by atoms with Crippen molar-refractivity contribution in [3.05, 3.63) is 35.4 Å². The van der Waals surface area contributed by atoms with Gasteiger partial charge >= 0.3 is 0 Å². The number of nitriles is 1. The summed E-state index contributed by atoms with van der Waals surface area (Å²) in [6, 6.07) is 10.4. The molecule has 1 saturated heterocycles. The van der Waals surface area contributed by atoms with Gasteiger partial charge in [-0.1, -0.05) is 24.3 Å². The lowest BCUT2D eigenvalue weighted by Crippen LogP contribution is -2.56. The van der Waals surface area contributed by atoms with E-state index in [1.165, 1.54) is 5.56 Å². The summed E-state index contributed by atoms with van der Waals surface area (Å²) < 4.78 is 0. The highest BCUT2D eigenvalue weighted by Crippen LogP contribution is 2.47. The number of likely N-dealkylation sites (tertiary alicyclic amines) is 1. The van der Waals surface area contributed by atoms with Gasteiger partial charge in [-0.3, -0.25) is 0 Å². The number of aliphatic hydroxyl groups is 1. The molecule has 1 aliphatic carbocycles. The van der Waals surface area contributed by atoms with Crippen molar-refractivity contribution in [3.63, 3.8) is 0 Å². The molecule has 0 bridgehead atoms. The number of fused-ring (bicyclic) bond motifs is 3. The Labute approximate surface area is 108 Å². The molecule has 1 aromatic carbocycles. The third kappa shape index (κ3) is 1.50. The van der Waals surface area contributed by atoms with Gasteiger partial charge < -0.3 is 10.0 Å². The molecule has 1 N–H and O–H groups in total. The van der Waals surface area contributed by atoms with E-state index in [1.54, 1.807) is 0 Å². The fourth-order valence-corrected chi connectivity index (χ4v) is 3.64. The smallest absolute Gasteiger partial charge is 0.111 e. The van der Waals surface area contributed by atoms with E-state index in [2.05, 4.69) is 17.0 Å². The zero-order chi connectivity index (χ0) is 12.8. The van der Waals surface area contributed by atoms with Crippen LogP contribution in [0.3, 0.4) is 0 Å². The second-order valence-corrected chi connectivity index (χ2v) is 5.62. The van der Waals surface area contributed by atoms with Gasteiger partial charge in [0.15, 0.2) is 0 Å². The molecule has 3 rings (SSSR count). The molecule has 1 heterocycles. The van der Waals surface area contributed by atoms with Gasteiger partial charge in [0.2, 0.25) is 0 Å². The Morgan fingerprint density at radius 3 is 2.94 bits per heavy atom. The second-order valence-electron chi connectivity index (χ2n) is 5.62. The maximum Gasteiger partial charge on any atom is 0.111 e. The molecule has 0 aromatic heterocycles. The van der Waals surface area contributed by atoms with E-state index in [-0.39, 0.29) is 11.8 Å². The molecular formula is C15H18N2O. The first kappa shape index (κ1) is 11.7. The molecule has 2 aliphatic rings. The van der Waals surface area contributed by atoms with Crippen molar-refractivity contribution in [1.82, 2.24) is 4.90 Å². The van der Waals surface area contributed by atoms with Crippen molar-refractivity contribution in [2.75, 3.05) is 20.1 Å². The summed E-state index contributed by atoms with van der Waals surface area (Å²) in [5, 5.41) is 20.6. The Morgan fingerprint density at radius 2 is 2.17 bits per heavy atom. The van der Waals surface area contributed by atoms with Crippen LogP contribution in [0.2, 0.25) is 0 Å². The zero-order valence-electron chi connectivity index (χ0n) is 10.6. The maximum absolute atomic E-state index is 11.2. The lowest BCUT2D eigenvalue weighted by molar-refractivity contribution is -0.110. The minimum Gasteiger partial charge on any atom is -0.383 e. The Bertz CT molecular complexity index is 507. The third-order valence-electron chi connectivity index (χ3n) is 4.55. The standard InChI is InChI=1S/C15H18N2O/c1-17-9-12-7-6-11-4-2-3-5-14(11)15(12,18)13(8-16)10-17/h2-5,12-13,18H,6-7,9-10H2,1H3/t12-,13-,15+/m0/s1. The van der Waals surface area contributed by atoms with Gasteiger partial charge in [0, 0.05) is 19.0 Å². The first-order valence-electron chi connectivity index (χ1n) is 6.55. The van der Waals surface area contributed by atoms with Crippen LogP contribution < -0.4 is 0 Å². The van der Waals surface area contributed by atoms with Gasteiger partial charge in [0.1, 0.15) is 5.60 Å². The first-order chi connectivity index (χ1) is 8.66. The van der Waals surface area contributed by atoms with Crippen LogP contribution in [0.1, 0.15) is 17.5 Å². The van der Waals surface area contributed by atoms with E-state index in [1.807, 2.05) is 25.2 Å². The summed E-state index contributed by atoms with van der Waals surface area (Å²) in [6.07, 6.45) is 1.98. The lowest BCUT2D eigenvalue weighted by atomic mass is 9.63. The minimum absolute atomic E-state index is 0.177. The van der Waals surface area contributed by atoms with Crippen LogP contribution >= 0.6 is 0 Å². The molecule has 3 nitrogen and oxygen atoms in total. The predicted octanol–water partition coefficient (Wildman–Crippen LogP) is 1.52. The van der Waals surface area contributed by atoms with Crippen molar-refractivity contribution >= 4 is 0 Å². The average Bonchev–Trinajstić information content (AvgIpc) is 2.39. The molecule has 3 atom stereocenters. The number of aryl methyl sites for hydroxylation is 1. The van der Waals surface area contributed by atoms with E-state index in [0.29, 0.717) is 6.54 Å². The van der Waals surface area contributed by atoms with Crippen LogP contribution in [-0.2, 0) is 12.0 Å². The van der Waals surface area contributed by atoms with E-state index in [9.17, 15) is 10.4 Å². The van der Waals surface area contributed by atoms with Crippen LogP contribution in [0.25, 0.3) is 0 Å². The molecule has 1 aliphatic heterocycles. The first-order valence-corrected chi connectivity index (χ1v) is 6.55. The molecule has 1 aromatic rings. The molecule has 94 valence electrons. The van der Waals surface area contributed by atoms with Crippen LogP contribution in [0.4, 0.5) is 0 Å². The number of nitrogens with zero attached hydrogens (tertiary/aromatic N) is 2. The maximum atomic E-state index is 11.2. The van der Waals surface area contributed by atoms with Gasteiger partial charge in [-0.25, -0.2) is 0 Å². The molecule has 1 fully saturated rings.